The smallest absolute Gasteiger partial charge is 0.417 e. The number of piperidine rings is 1. The van der Waals surface area contributed by atoms with Crippen molar-refractivity contribution in [2.45, 2.75) is 19.0 Å². The van der Waals surface area contributed by atoms with Crippen LogP contribution in [0.25, 0.3) is 0 Å². The molecule has 9 heteroatoms. The first-order valence-corrected chi connectivity index (χ1v) is 9.27. The Bertz CT molecular complexity index is 802. The molecule has 1 aliphatic heterocycles. The normalized spacial score (nSPS) is 15.2. The molecule has 1 saturated heterocycles. The number of aromatic nitrogens is 1. The fourth-order valence-corrected chi connectivity index (χ4v) is 3.13. The minimum atomic E-state index is -4.41. The second-order valence-electron chi connectivity index (χ2n) is 6.76. The van der Waals surface area contributed by atoms with Gasteiger partial charge in [-0.3, -0.25) is 4.79 Å². The highest BCUT2D eigenvalue weighted by atomic mass is 19.4. The first kappa shape index (κ1) is 20.9. The average Bonchev–Trinajstić information content (AvgIpc) is 2.72. The van der Waals surface area contributed by atoms with Gasteiger partial charge in [0.1, 0.15) is 24.0 Å². The van der Waals surface area contributed by atoms with Gasteiger partial charge in [-0.1, -0.05) is 0 Å². The molecule has 2 aromatic rings. The van der Waals surface area contributed by atoms with Crippen LogP contribution in [0.4, 0.5) is 23.4 Å². The Morgan fingerprint density at radius 2 is 1.83 bits per heavy atom. The van der Waals surface area contributed by atoms with E-state index in [1.54, 1.807) is 0 Å². The summed E-state index contributed by atoms with van der Waals surface area (Å²) in [6, 6.07) is 8.00. The summed E-state index contributed by atoms with van der Waals surface area (Å²) in [5.74, 6) is 0.422. The predicted octanol–water partition coefficient (Wildman–Crippen LogP) is 3.65. The Kier molecular flexibility index (Phi) is 6.56. The number of carbonyl (C=O) groups is 1. The number of amides is 1. The van der Waals surface area contributed by atoms with Crippen molar-refractivity contribution < 1.29 is 27.1 Å². The summed E-state index contributed by atoms with van der Waals surface area (Å²) in [5.41, 5.74) is -0.779. The summed E-state index contributed by atoms with van der Waals surface area (Å²) < 4.78 is 56.1. The number of alkyl halides is 3. The van der Waals surface area contributed by atoms with E-state index in [9.17, 15) is 22.4 Å². The van der Waals surface area contributed by atoms with Crippen LogP contribution in [-0.4, -0.2) is 37.1 Å². The van der Waals surface area contributed by atoms with Crippen LogP contribution in [0, 0.1) is 11.7 Å². The fraction of sp³-hybridized carbons (Fsp3) is 0.400. The van der Waals surface area contributed by atoms with Crippen molar-refractivity contribution in [3.05, 3.63) is 54.0 Å². The van der Waals surface area contributed by atoms with Crippen LogP contribution in [0.3, 0.4) is 0 Å². The molecule has 1 aromatic carbocycles. The van der Waals surface area contributed by atoms with Crippen molar-refractivity contribution in [1.82, 2.24) is 10.3 Å². The van der Waals surface area contributed by atoms with E-state index in [1.807, 2.05) is 4.90 Å². The Morgan fingerprint density at radius 1 is 1.14 bits per heavy atom. The van der Waals surface area contributed by atoms with E-state index in [4.69, 9.17) is 4.74 Å². The monoisotopic (exact) mass is 411 g/mol. The van der Waals surface area contributed by atoms with Crippen molar-refractivity contribution in [3.63, 3.8) is 0 Å². The molecular weight excluding hydrogens is 390 g/mol. The maximum absolute atomic E-state index is 12.8. The largest absolute Gasteiger partial charge is 0.492 e. The SMILES string of the molecule is O=C(NCCOc1ccc(F)cc1)C1CCN(c2ccc(C(F)(F)F)cn2)CC1. The van der Waals surface area contributed by atoms with E-state index in [1.165, 1.54) is 30.3 Å². The van der Waals surface area contributed by atoms with Gasteiger partial charge < -0.3 is 15.0 Å². The van der Waals surface area contributed by atoms with Gasteiger partial charge in [0.2, 0.25) is 5.91 Å². The van der Waals surface area contributed by atoms with Crippen LogP contribution in [0.1, 0.15) is 18.4 Å². The number of hydrogen-bond acceptors (Lipinski definition) is 4. The molecule has 0 unspecified atom stereocenters. The number of pyridine rings is 1. The second-order valence-corrected chi connectivity index (χ2v) is 6.76. The molecule has 0 atom stereocenters. The van der Waals surface area contributed by atoms with Gasteiger partial charge in [-0.25, -0.2) is 9.37 Å². The van der Waals surface area contributed by atoms with Gasteiger partial charge in [0.05, 0.1) is 12.1 Å². The molecule has 1 N–H and O–H groups in total. The van der Waals surface area contributed by atoms with Crippen LogP contribution in [0.15, 0.2) is 42.6 Å². The Balaban J connectivity index is 1.39. The average molecular weight is 411 g/mol. The van der Waals surface area contributed by atoms with E-state index in [0.717, 1.165) is 12.3 Å². The summed E-state index contributed by atoms with van der Waals surface area (Å²) in [6.45, 7) is 1.69. The lowest BCUT2D eigenvalue weighted by atomic mass is 9.96. The third-order valence-electron chi connectivity index (χ3n) is 4.75. The summed E-state index contributed by atoms with van der Waals surface area (Å²) in [4.78, 5) is 18.1. The van der Waals surface area contributed by atoms with E-state index < -0.39 is 11.7 Å². The van der Waals surface area contributed by atoms with Crippen LogP contribution in [0.5, 0.6) is 5.75 Å². The van der Waals surface area contributed by atoms with Gasteiger partial charge >= 0.3 is 6.18 Å². The highest BCUT2D eigenvalue weighted by Crippen LogP contribution is 2.30. The van der Waals surface area contributed by atoms with Crippen molar-refractivity contribution in [2.24, 2.45) is 5.92 Å². The zero-order valence-corrected chi connectivity index (χ0v) is 15.6. The number of halogens is 4. The van der Waals surface area contributed by atoms with Crippen LogP contribution in [0.2, 0.25) is 0 Å². The first-order chi connectivity index (χ1) is 13.8. The molecule has 0 radical (unpaired) electrons. The lowest BCUT2D eigenvalue weighted by molar-refractivity contribution is -0.137. The molecule has 5 nitrogen and oxygen atoms in total. The van der Waals surface area contributed by atoms with Gasteiger partial charge in [-0.2, -0.15) is 13.2 Å². The lowest BCUT2D eigenvalue weighted by Gasteiger charge is -2.32. The van der Waals surface area contributed by atoms with Gasteiger partial charge in [0, 0.05) is 25.2 Å². The number of anilines is 1. The van der Waals surface area contributed by atoms with Gasteiger partial charge in [-0.15, -0.1) is 0 Å². The maximum Gasteiger partial charge on any atom is 0.417 e. The highest BCUT2D eigenvalue weighted by Gasteiger charge is 2.31. The third kappa shape index (κ3) is 5.82. The van der Waals surface area contributed by atoms with Gasteiger partial charge in [0.25, 0.3) is 0 Å². The standard InChI is InChI=1S/C20H21F4N3O2/c21-16-2-4-17(5-3-16)29-12-9-25-19(28)14-7-10-27(11-8-14)18-6-1-15(13-26-18)20(22,23)24/h1-6,13-14H,7-12H2,(H,25,28). The molecule has 1 fully saturated rings. The van der Waals surface area contributed by atoms with Crippen LogP contribution < -0.4 is 15.0 Å². The number of benzene rings is 1. The third-order valence-corrected chi connectivity index (χ3v) is 4.75. The molecule has 1 amide bonds. The quantitative estimate of drug-likeness (QED) is 0.583. The topological polar surface area (TPSA) is 54.5 Å². The summed E-state index contributed by atoms with van der Waals surface area (Å²) in [5, 5.41) is 2.82. The zero-order chi connectivity index (χ0) is 20.9. The molecule has 0 bridgehead atoms. The molecule has 0 saturated carbocycles. The van der Waals surface area contributed by atoms with E-state index >= 15 is 0 Å². The van der Waals surface area contributed by atoms with Crippen molar-refractivity contribution >= 4 is 11.7 Å². The second kappa shape index (κ2) is 9.11. The van der Waals surface area contributed by atoms with Crippen LogP contribution >= 0.6 is 0 Å². The summed E-state index contributed by atoms with van der Waals surface area (Å²) in [7, 11) is 0. The number of nitrogens with zero attached hydrogens (tertiary/aromatic N) is 2. The molecule has 0 spiro atoms. The molecule has 1 aromatic heterocycles. The fourth-order valence-electron chi connectivity index (χ4n) is 3.13. The number of hydrogen-bond donors (Lipinski definition) is 1. The maximum atomic E-state index is 12.8. The van der Waals surface area contributed by atoms with Crippen molar-refractivity contribution in [2.75, 3.05) is 31.1 Å². The van der Waals surface area contributed by atoms with E-state index in [-0.39, 0.29) is 24.2 Å². The number of rotatable bonds is 6. The molecule has 156 valence electrons. The van der Waals surface area contributed by atoms with Crippen molar-refractivity contribution in [1.29, 1.82) is 0 Å². The molecule has 2 heterocycles. The predicted molar refractivity (Wildman–Crippen MR) is 99.1 cm³/mol. The Morgan fingerprint density at radius 3 is 2.41 bits per heavy atom. The van der Waals surface area contributed by atoms with E-state index in [2.05, 4.69) is 10.3 Å². The molecular formula is C20H21F4N3O2. The molecule has 1 aliphatic rings. The minimum Gasteiger partial charge on any atom is -0.492 e. The molecule has 3 rings (SSSR count). The Labute approximate surface area is 165 Å². The summed E-state index contributed by atoms with van der Waals surface area (Å²) in [6.07, 6.45) is -2.40. The van der Waals surface area contributed by atoms with Crippen molar-refractivity contribution in [3.8, 4) is 5.75 Å². The number of carbonyl (C=O) groups excluding carboxylic acids is 1. The first-order valence-electron chi connectivity index (χ1n) is 9.27. The van der Waals surface area contributed by atoms with Gasteiger partial charge in [0.15, 0.2) is 0 Å². The lowest BCUT2D eigenvalue weighted by Crippen LogP contribution is -2.41. The molecule has 0 aliphatic carbocycles. The zero-order valence-electron chi connectivity index (χ0n) is 15.6. The number of nitrogens with one attached hydrogen (secondary N) is 1. The van der Waals surface area contributed by atoms with E-state index in [0.29, 0.717) is 44.0 Å². The van der Waals surface area contributed by atoms with Crippen LogP contribution in [-0.2, 0) is 11.0 Å². The molecule has 29 heavy (non-hydrogen) atoms. The minimum absolute atomic E-state index is 0.0762. The Hall–Kier alpha value is -2.84. The number of ether oxygens (including phenoxy) is 1. The van der Waals surface area contributed by atoms with Gasteiger partial charge in [-0.05, 0) is 49.2 Å². The highest BCUT2D eigenvalue weighted by molar-refractivity contribution is 5.78. The summed E-state index contributed by atoms with van der Waals surface area (Å²) >= 11 is 0.